The summed E-state index contributed by atoms with van der Waals surface area (Å²) < 4.78 is 5.53. The molecule has 2 rings (SSSR count). The van der Waals surface area contributed by atoms with Crippen LogP contribution in [0.15, 0.2) is 9.41 Å². The molecule has 1 aliphatic rings. The Balaban J connectivity index is 0.00000220. The van der Waals surface area contributed by atoms with E-state index in [1.54, 1.807) is 0 Å². The van der Waals surface area contributed by atoms with Crippen molar-refractivity contribution in [2.75, 3.05) is 13.1 Å². The highest BCUT2D eigenvalue weighted by molar-refractivity contribution is 14.0. The summed E-state index contributed by atoms with van der Waals surface area (Å²) in [5.74, 6) is 3.39. The molecule has 0 aliphatic heterocycles. The minimum Gasteiger partial charge on any atom is -0.444 e. The normalized spacial score (nSPS) is 14.7. The number of oxazole rings is 1. The molecule has 6 heteroatoms. The van der Waals surface area contributed by atoms with E-state index >= 15 is 0 Å². The molecule has 0 radical (unpaired) electrons. The van der Waals surface area contributed by atoms with E-state index < -0.39 is 0 Å². The Labute approximate surface area is 144 Å². The number of aliphatic imine (C=N–C) groups is 1. The molecule has 1 heterocycles. The average molecular weight is 406 g/mol. The second-order valence-electron chi connectivity index (χ2n) is 5.46. The van der Waals surface area contributed by atoms with Gasteiger partial charge in [-0.2, -0.15) is 0 Å². The number of guanidine groups is 1. The average Bonchev–Trinajstić information content (AvgIpc) is 3.18. The van der Waals surface area contributed by atoms with Crippen LogP contribution >= 0.6 is 24.0 Å². The lowest BCUT2D eigenvalue weighted by molar-refractivity contribution is 0.472. The zero-order chi connectivity index (χ0) is 14.4. The Morgan fingerprint density at radius 2 is 2.10 bits per heavy atom. The van der Waals surface area contributed by atoms with E-state index in [2.05, 4.69) is 27.5 Å². The van der Waals surface area contributed by atoms with Gasteiger partial charge in [0.1, 0.15) is 12.3 Å². The first-order valence-electron chi connectivity index (χ1n) is 7.64. The van der Waals surface area contributed by atoms with Crippen molar-refractivity contribution in [3.05, 3.63) is 17.3 Å². The fourth-order valence-electron chi connectivity index (χ4n) is 2.10. The molecule has 1 aromatic heterocycles. The predicted molar refractivity (Wildman–Crippen MR) is 96.2 cm³/mol. The molecule has 21 heavy (non-hydrogen) atoms. The second-order valence-corrected chi connectivity index (χ2v) is 5.46. The summed E-state index contributed by atoms with van der Waals surface area (Å²) in [6, 6.07) is 0. The van der Waals surface area contributed by atoms with E-state index in [4.69, 9.17) is 4.42 Å². The van der Waals surface area contributed by atoms with Crippen molar-refractivity contribution >= 4 is 29.9 Å². The summed E-state index contributed by atoms with van der Waals surface area (Å²) >= 11 is 0. The molecule has 0 saturated heterocycles. The molecule has 1 fully saturated rings. The van der Waals surface area contributed by atoms with Gasteiger partial charge in [-0.3, -0.25) is 0 Å². The summed E-state index contributed by atoms with van der Waals surface area (Å²) in [6.07, 6.45) is 5.41. The van der Waals surface area contributed by atoms with Gasteiger partial charge in [0, 0.05) is 13.1 Å². The number of aryl methyl sites for hydroxylation is 2. The minimum absolute atomic E-state index is 0. The quantitative estimate of drug-likeness (QED) is 0.316. The van der Waals surface area contributed by atoms with E-state index in [9.17, 15) is 0 Å². The number of nitrogens with one attached hydrogen (secondary N) is 2. The monoisotopic (exact) mass is 406 g/mol. The molecular formula is C15H27IN4O. The van der Waals surface area contributed by atoms with E-state index in [-0.39, 0.29) is 24.0 Å². The van der Waals surface area contributed by atoms with Crippen LogP contribution < -0.4 is 10.6 Å². The van der Waals surface area contributed by atoms with Crippen LogP contribution in [-0.2, 0) is 6.54 Å². The first kappa shape index (κ1) is 18.3. The molecule has 120 valence electrons. The fraction of sp³-hybridized carbons (Fsp3) is 0.733. The highest BCUT2D eigenvalue weighted by Gasteiger charge is 2.19. The fourth-order valence-corrected chi connectivity index (χ4v) is 2.10. The Hall–Kier alpha value is -0.790. The maximum Gasteiger partial charge on any atom is 0.216 e. The van der Waals surface area contributed by atoms with Crippen LogP contribution in [0.1, 0.15) is 50.0 Å². The lowest BCUT2D eigenvalue weighted by Gasteiger charge is -2.10. The summed E-state index contributed by atoms with van der Waals surface area (Å²) in [4.78, 5) is 8.85. The van der Waals surface area contributed by atoms with E-state index in [0.29, 0.717) is 12.4 Å². The van der Waals surface area contributed by atoms with Crippen molar-refractivity contribution < 1.29 is 4.42 Å². The number of hydrogen-bond donors (Lipinski definition) is 2. The second kappa shape index (κ2) is 9.27. The van der Waals surface area contributed by atoms with Crippen molar-refractivity contribution in [2.45, 2.75) is 53.0 Å². The van der Waals surface area contributed by atoms with Gasteiger partial charge in [0.2, 0.25) is 5.89 Å². The SMILES string of the molecule is CCNC(=NCc1nc(C)c(C)o1)NCCCC1CC1.I. The molecule has 0 spiro atoms. The molecule has 2 N–H and O–H groups in total. The zero-order valence-corrected chi connectivity index (χ0v) is 15.6. The molecule has 1 saturated carbocycles. The highest BCUT2D eigenvalue weighted by Crippen LogP contribution is 2.33. The number of rotatable bonds is 7. The molecule has 0 amide bonds. The first-order valence-corrected chi connectivity index (χ1v) is 7.64. The van der Waals surface area contributed by atoms with Crippen LogP contribution in [0.2, 0.25) is 0 Å². The molecule has 0 bridgehead atoms. The summed E-state index contributed by atoms with van der Waals surface area (Å²) in [5, 5.41) is 6.61. The van der Waals surface area contributed by atoms with Gasteiger partial charge in [0.05, 0.1) is 5.69 Å². The first-order chi connectivity index (χ1) is 9.69. The Bertz CT molecular complexity index is 435. The van der Waals surface area contributed by atoms with Gasteiger partial charge in [0.25, 0.3) is 0 Å². The van der Waals surface area contributed by atoms with Crippen LogP contribution in [0.3, 0.4) is 0 Å². The van der Waals surface area contributed by atoms with Crippen LogP contribution in [0, 0.1) is 19.8 Å². The van der Waals surface area contributed by atoms with Gasteiger partial charge in [-0.15, -0.1) is 24.0 Å². The van der Waals surface area contributed by atoms with Crippen molar-refractivity contribution in [1.82, 2.24) is 15.6 Å². The molecule has 1 aromatic rings. The van der Waals surface area contributed by atoms with Gasteiger partial charge >= 0.3 is 0 Å². The summed E-state index contributed by atoms with van der Waals surface area (Å²) in [6.45, 7) is 8.27. The van der Waals surface area contributed by atoms with Gasteiger partial charge in [0.15, 0.2) is 5.96 Å². The maximum absolute atomic E-state index is 5.53. The smallest absolute Gasteiger partial charge is 0.216 e. The lowest BCUT2D eigenvalue weighted by Crippen LogP contribution is -2.37. The Morgan fingerprint density at radius 1 is 1.33 bits per heavy atom. The van der Waals surface area contributed by atoms with Gasteiger partial charge < -0.3 is 15.1 Å². The van der Waals surface area contributed by atoms with E-state index in [1.165, 1.54) is 25.7 Å². The van der Waals surface area contributed by atoms with Crippen LogP contribution in [-0.4, -0.2) is 24.0 Å². The summed E-state index contributed by atoms with van der Waals surface area (Å²) in [7, 11) is 0. The van der Waals surface area contributed by atoms with Gasteiger partial charge in [-0.25, -0.2) is 9.98 Å². The van der Waals surface area contributed by atoms with Crippen molar-refractivity contribution in [1.29, 1.82) is 0 Å². The molecule has 0 unspecified atom stereocenters. The van der Waals surface area contributed by atoms with E-state index in [1.807, 2.05) is 13.8 Å². The minimum atomic E-state index is 0. The van der Waals surface area contributed by atoms with Crippen LogP contribution in [0.5, 0.6) is 0 Å². The van der Waals surface area contributed by atoms with Crippen molar-refractivity contribution in [3.8, 4) is 0 Å². The van der Waals surface area contributed by atoms with Gasteiger partial charge in [-0.1, -0.05) is 12.8 Å². The number of nitrogens with zero attached hydrogens (tertiary/aromatic N) is 2. The lowest BCUT2D eigenvalue weighted by atomic mass is 10.2. The molecule has 0 atom stereocenters. The molecule has 1 aliphatic carbocycles. The van der Waals surface area contributed by atoms with Crippen molar-refractivity contribution in [2.24, 2.45) is 10.9 Å². The number of halogens is 1. The Kier molecular flexibility index (Phi) is 8.06. The molecule has 5 nitrogen and oxygen atoms in total. The number of hydrogen-bond acceptors (Lipinski definition) is 3. The van der Waals surface area contributed by atoms with Gasteiger partial charge in [-0.05, 0) is 39.5 Å². The third-order valence-electron chi connectivity index (χ3n) is 3.57. The third-order valence-corrected chi connectivity index (χ3v) is 3.57. The van der Waals surface area contributed by atoms with E-state index in [0.717, 1.165) is 36.4 Å². The number of aromatic nitrogens is 1. The summed E-state index contributed by atoms with van der Waals surface area (Å²) in [5.41, 5.74) is 0.942. The van der Waals surface area contributed by atoms with Crippen LogP contribution in [0.4, 0.5) is 0 Å². The zero-order valence-electron chi connectivity index (χ0n) is 13.2. The predicted octanol–water partition coefficient (Wildman–Crippen LogP) is 3.15. The standard InChI is InChI=1S/C15H26N4O.HI/c1-4-16-15(17-9-5-6-13-7-8-13)18-10-14-19-11(2)12(3)20-14;/h13H,4-10H2,1-3H3,(H2,16,17,18);1H. The highest BCUT2D eigenvalue weighted by atomic mass is 127. The maximum atomic E-state index is 5.53. The van der Waals surface area contributed by atoms with Crippen LogP contribution in [0.25, 0.3) is 0 Å². The Morgan fingerprint density at radius 3 is 2.67 bits per heavy atom. The molecular weight excluding hydrogens is 379 g/mol. The third kappa shape index (κ3) is 6.67. The largest absolute Gasteiger partial charge is 0.444 e. The van der Waals surface area contributed by atoms with Crippen molar-refractivity contribution in [3.63, 3.8) is 0 Å². The topological polar surface area (TPSA) is 62.5 Å². The molecule has 0 aromatic carbocycles.